The van der Waals surface area contributed by atoms with Gasteiger partial charge >= 0.3 is 0 Å². The van der Waals surface area contributed by atoms with Crippen LogP contribution in [0.2, 0.25) is 0 Å². The molecule has 0 saturated heterocycles. The van der Waals surface area contributed by atoms with Crippen LogP contribution in [-0.2, 0) is 4.79 Å². The van der Waals surface area contributed by atoms with E-state index >= 15 is 0 Å². The molecule has 1 unspecified atom stereocenters. The number of nitrogens with zero attached hydrogens (tertiary/aromatic N) is 3. The van der Waals surface area contributed by atoms with Crippen LogP contribution in [0, 0.1) is 5.82 Å². The largest absolute Gasteiger partial charge is 0.325 e. The quantitative estimate of drug-likeness (QED) is 0.809. The van der Waals surface area contributed by atoms with Gasteiger partial charge in [0.25, 0.3) is 0 Å². The third-order valence-corrected chi connectivity index (χ3v) is 5.37. The number of benzene rings is 1. The van der Waals surface area contributed by atoms with E-state index in [1.165, 1.54) is 49.6 Å². The van der Waals surface area contributed by atoms with Gasteiger partial charge in [-0.1, -0.05) is 11.8 Å². The average Bonchev–Trinajstić information content (AvgIpc) is 3.49. The predicted octanol–water partition coefficient (Wildman–Crippen LogP) is 3.75. The third-order valence-electron chi connectivity index (χ3n) is 4.31. The van der Waals surface area contributed by atoms with Gasteiger partial charge in [0.1, 0.15) is 11.6 Å². The van der Waals surface area contributed by atoms with Gasteiger partial charge in [-0.05, 0) is 56.9 Å². The zero-order chi connectivity index (χ0) is 16.7. The van der Waals surface area contributed by atoms with Gasteiger partial charge in [-0.25, -0.2) is 4.39 Å². The SMILES string of the molecule is CC(Sc1nnc(C2CC2)n1C1CC1)C(=O)Nc1ccc(F)cc1. The number of hydrogen-bond acceptors (Lipinski definition) is 4. The lowest BCUT2D eigenvalue weighted by Crippen LogP contribution is -2.23. The maximum Gasteiger partial charge on any atom is 0.237 e. The fourth-order valence-corrected chi connectivity index (χ4v) is 3.58. The first-order valence-corrected chi connectivity index (χ1v) is 9.17. The standard InChI is InChI=1S/C17H19FN4OS/c1-10(16(23)19-13-6-4-12(18)5-7-13)24-17-21-20-15(11-2-3-11)22(17)14-8-9-14/h4-7,10-11,14H,2-3,8-9H2,1H3,(H,19,23). The molecule has 2 aliphatic rings. The third kappa shape index (κ3) is 3.31. The van der Waals surface area contributed by atoms with Crippen molar-refractivity contribution in [2.75, 3.05) is 5.32 Å². The van der Waals surface area contributed by atoms with Crippen LogP contribution >= 0.6 is 11.8 Å². The van der Waals surface area contributed by atoms with Crippen molar-refractivity contribution in [1.82, 2.24) is 14.8 Å². The van der Waals surface area contributed by atoms with E-state index in [4.69, 9.17) is 0 Å². The molecule has 1 aromatic carbocycles. The Kier molecular flexibility index (Phi) is 4.04. The summed E-state index contributed by atoms with van der Waals surface area (Å²) in [7, 11) is 0. The fourth-order valence-electron chi connectivity index (χ4n) is 2.65. The van der Waals surface area contributed by atoms with E-state index in [1.54, 1.807) is 12.1 Å². The molecule has 2 aromatic rings. The topological polar surface area (TPSA) is 59.8 Å². The first kappa shape index (κ1) is 15.6. The van der Waals surface area contributed by atoms with E-state index in [0.29, 0.717) is 17.6 Å². The molecule has 1 amide bonds. The summed E-state index contributed by atoms with van der Waals surface area (Å²) in [5.41, 5.74) is 0.594. The smallest absolute Gasteiger partial charge is 0.237 e. The lowest BCUT2D eigenvalue weighted by Gasteiger charge is -2.13. The number of rotatable bonds is 6. The summed E-state index contributed by atoms with van der Waals surface area (Å²) >= 11 is 1.44. The minimum absolute atomic E-state index is 0.120. The second kappa shape index (κ2) is 6.20. The first-order chi connectivity index (χ1) is 11.6. The molecule has 0 aliphatic heterocycles. The zero-order valence-electron chi connectivity index (χ0n) is 13.4. The van der Waals surface area contributed by atoms with Crippen LogP contribution < -0.4 is 5.32 Å². The Morgan fingerprint density at radius 1 is 1.25 bits per heavy atom. The normalized spacial score (nSPS) is 18.4. The Labute approximate surface area is 144 Å². The van der Waals surface area contributed by atoms with Crippen molar-refractivity contribution in [3.8, 4) is 0 Å². The van der Waals surface area contributed by atoms with Gasteiger partial charge < -0.3 is 9.88 Å². The molecular formula is C17H19FN4OS. The highest BCUT2D eigenvalue weighted by Gasteiger charge is 2.37. The second-order valence-corrected chi connectivity index (χ2v) is 7.78. The van der Waals surface area contributed by atoms with Crippen LogP contribution in [-0.4, -0.2) is 25.9 Å². The number of anilines is 1. The second-order valence-electron chi connectivity index (χ2n) is 6.47. The van der Waals surface area contributed by atoms with Gasteiger partial charge in [-0.2, -0.15) is 0 Å². The molecule has 1 atom stereocenters. The summed E-state index contributed by atoms with van der Waals surface area (Å²) in [5.74, 6) is 1.20. The molecule has 0 radical (unpaired) electrons. The van der Waals surface area contributed by atoms with Crippen LogP contribution in [0.1, 0.15) is 50.4 Å². The van der Waals surface area contributed by atoms with Crippen LogP contribution in [0.4, 0.5) is 10.1 Å². The van der Waals surface area contributed by atoms with Crippen molar-refractivity contribution < 1.29 is 9.18 Å². The van der Waals surface area contributed by atoms with Crippen molar-refractivity contribution in [3.63, 3.8) is 0 Å². The van der Waals surface area contributed by atoms with Gasteiger partial charge in [-0.3, -0.25) is 4.79 Å². The summed E-state index contributed by atoms with van der Waals surface area (Å²) in [6, 6.07) is 6.29. The Balaban J connectivity index is 1.44. The monoisotopic (exact) mass is 346 g/mol. The van der Waals surface area contributed by atoms with Crippen molar-refractivity contribution in [1.29, 1.82) is 0 Å². The van der Waals surface area contributed by atoms with Crippen molar-refractivity contribution in [2.45, 2.75) is 55.0 Å². The molecule has 126 valence electrons. The van der Waals surface area contributed by atoms with E-state index in [-0.39, 0.29) is 17.0 Å². The Bertz CT molecular complexity index is 752. The van der Waals surface area contributed by atoms with E-state index in [0.717, 1.165) is 11.0 Å². The minimum Gasteiger partial charge on any atom is -0.325 e. The number of thioether (sulfide) groups is 1. The van der Waals surface area contributed by atoms with Gasteiger partial charge in [0, 0.05) is 17.6 Å². The highest BCUT2D eigenvalue weighted by atomic mass is 32.2. The molecule has 2 saturated carbocycles. The van der Waals surface area contributed by atoms with Crippen molar-refractivity contribution in [3.05, 3.63) is 35.9 Å². The Hall–Kier alpha value is -1.89. The number of aromatic nitrogens is 3. The van der Waals surface area contributed by atoms with E-state index in [2.05, 4.69) is 20.1 Å². The number of halogens is 1. The van der Waals surface area contributed by atoms with Gasteiger partial charge in [0.2, 0.25) is 5.91 Å². The van der Waals surface area contributed by atoms with E-state index in [1.807, 2.05) is 6.92 Å². The van der Waals surface area contributed by atoms with Crippen LogP contribution in [0.15, 0.2) is 29.4 Å². The van der Waals surface area contributed by atoms with Crippen LogP contribution in [0.3, 0.4) is 0 Å². The summed E-state index contributed by atoms with van der Waals surface area (Å²) in [6.07, 6.45) is 4.72. The van der Waals surface area contributed by atoms with Crippen LogP contribution in [0.5, 0.6) is 0 Å². The average molecular weight is 346 g/mol. The summed E-state index contributed by atoms with van der Waals surface area (Å²) in [4.78, 5) is 12.4. The molecule has 2 aliphatic carbocycles. The lowest BCUT2D eigenvalue weighted by atomic mass is 10.3. The number of amides is 1. The fraction of sp³-hybridized carbons (Fsp3) is 0.471. The first-order valence-electron chi connectivity index (χ1n) is 8.29. The Morgan fingerprint density at radius 3 is 2.58 bits per heavy atom. The number of hydrogen-bond donors (Lipinski definition) is 1. The lowest BCUT2D eigenvalue weighted by molar-refractivity contribution is -0.115. The van der Waals surface area contributed by atoms with Crippen molar-refractivity contribution in [2.24, 2.45) is 0 Å². The van der Waals surface area contributed by atoms with Gasteiger partial charge in [0.15, 0.2) is 5.16 Å². The van der Waals surface area contributed by atoms with Crippen molar-refractivity contribution >= 4 is 23.4 Å². The Morgan fingerprint density at radius 2 is 1.96 bits per heavy atom. The highest BCUT2D eigenvalue weighted by Crippen LogP contribution is 2.46. The molecule has 1 N–H and O–H groups in total. The number of nitrogens with one attached hydrogen (secondary N) is 1. The maximum absolute atomic E-state index is 12.9. The zero-order valence-corrected chi connectivity index (χ0v) is 14.2. The molecule has 0 spiro atoms. The highest BCUT2D eigenvalue weighted by molar-refractivity contribution is 8.00. The predicted molar refractivity (Wildman–Crippen MR) is 90.6 cm³/mol. The molecule has 0 bridgehead atoms. The van der Waals surface area contributed by atoms with E-state index < -0.39 is 0 Å². The van der Waals surface area contributed by atoms with Gasteiger partial charge in [0.05, 0.1) is 5.25 Å². The summed E-state index contributed by atoms with van der Waals surface area (Å²) in [6.45, 7) is 1.85. The summed E-state index contributed by atoms with van der Waals surface area (Å²) < 4.78 is 15.2. The maximum atomic E-state index is 12.9. The number of carbonyl (C=O) groups is 1. The van der Waals surface area contributed by atoms with E-state index in [9.17, 15) is 9.18 Å². The molecule has 5 nitrogen and oxygen atoms in total. The molecule has 4 rings (SSSR count). The van der Waals surface area contributed by atoms with Crippen LogP contribution in [0.25, 0.3) is 0 Å². The molecule has 1 aromatic heterocycles. The molecule has 7 heteroatoms. The molecule has 24 heavy (non-hydrogen) atoms. The molecule has 2 fully saturated rings. The molecule has 1 heterocycles. The number of carbonyl (C=O) groups excluding carboxylic acids is 1. The van der Waals surface area contributed by atoms with Gasteiger partial charge in [-0.15, -0.1) is 10.2 Å². The minimum atomic E-state index is -0.319. The molecular weight excluding hydrogens is 327 g/mol. The summed E-state index contributed by atoms with van der Waals surface area (Å²) in [5, 5.41) is 12.0.